The first kappa shape index (κ1) is 12.3. The van der Waals surface area contributed by atoms with Crippen LogP contribution in [0.2, 0.25) is 5.28 Å². The van der Waals surface area contributed by atoms with Crippen LogP contribution < -0.4 is 4.90 Å². The lowest BCUT2D eigenvalue weighted by atomic mass is 10.2. The molecule has 0 saturated carbocycles. The Balaban J connectivity index is 1.62. The lowest BCUT2D eigenvalue weighted by Gasteiger charge is -2.24. The topological polar surface area (TPSA) is 60.9 Å². The van der Waals surface area contributed by atoms with Gasteiger partial charge in [-0.2, -0.15) is 9.97 Å². The Hall–Kier alpha value is -1.40. The molecule has 0 aliphatic carbocycles. The first-order valence-electron chi connectivity index (χ1n) is 7.17. The summed E-state index contributed by atoms with van der Waals surface area (Å²) in [5.41, 5.74) is 1.53. The maximum absolute atomic E-state index is 6.01. The summed E-state index contributed by atoms with van der Waals surface area (Å²) in [5.74, 6) is 0.888. The van der Waals surface area contributed by atoms with Crippen molar-refractivity contribution in [3.05, 3.63) is 11.6 Å². The molecule has 2 aromatic heterocycles. The number of aromatic nitrogens is 4. The van der Waals surface area contributed by atoms with E-state index in [1.165, 1.54) is 32.4 Å². The van der Waals surface area contributed by atoms with Crippen LogP contribution in [0.4, 0.5) is 5.82 Å². The van der Waals surface area contributed by atoms with E-state index in [0.717, 1.165) is 24.4 Å². The third kappa shape index (κ3) is 2.03. The van der Waals surface area contributed by atoms with Crippen LogP contribution in [0.1, 0.15) is 19.3 Å². The van der Waals surface area contributed by atoms with E-state index in [-0.39, 0.29) is 5.28 Å². The van der Waals surface area contributed by atoms with Crippen molar-refractivity contribution in [1.29, 1.82) is 0 Å². The zero-order valence-electron chi connectivity index (χ0n) is 11.2. The van der Waals surface area contributed by atoms with Crippen LogP contribution in [0.15, 0.2) is 6.33 Å². The molecule has 0 radical (unpaired) electrons. The normalized spacial score (nSPS) is 24.1. The second-order valence-electron chi connectivity index (χ2n) is 5.55. The lowest BCUT2D eigenvalue weighted by Crippen LogP contribution is -2.35. The van der Waals surface area contributed by atoms with Gasteiger partial charge < -0.3 is 9.88 Å². The number of imidazole rings is 1. The van der Waals surface area contributed by atoms with Gasteiger partial charge >= 0.3 is 0 Å². The Kier molecular flexibility index (Phi) is 3.00. The average molecular weight is 293 g/mol. The number of rotatable bonds is 2. The van der Waals surface area contributed by atoms with Gasteiger partial charge in [-0.3, -0.25) is 4.90 Å². The van der Waals surface area contributed by atoms with Gasteiger partial charge in [0.2, 0.25) is 5.28 Å². The van der Waals surface area contributed by atoms with Crippen molar-refractivity contribution in [2.75, 3.05) is 31.1 Å². The maximum atomic E-state index is 6.01. The number of hydrogen-bond acceptors (Lipinski definition) is 5. The molecule has 6 nitrogen and oxygen atoms in total. The number of halogens is 1. The summed E-state index contributed by atoms with van der Waals surface area (Å²) in [7, 11) is 0. The van der Waals surface area contributed by atoms with Gasteiger partial charge in [-0.25, -0.2) is 4.98 Å². The zero-order chi connectivity index (χ0) is 13.5. The van der Waals surface area contributed by atoms with Crippen molar-refractivity contribution in [3.63, 3.8) is 0 Å². The summed E-state index contributed by atoms with van der Waals surface area (Å²) in [4.78, 5) is 20.8. The van der Waals surface area contributed by atoms with Crippen LogP contribution in [0.3, 0.4) is 0 Å². The molecule has 4 rings (SSSR count). The molecule has 106 valence electrons. The minimum absolute atomic E-state index is 0.268. The van der Waals surface area contributed by atoms with E-state index >= 15 is 0 Å². The van der Waals surface area contributed by atoms with Crippen LogP contribution in [0.5, 0.6) is 0 Å². The van der Waals surface area contributed by atoms with Crippen molar-refractivity contribution in [3.8, 4) is 0 Å². The fourth-order valence-corrected chi connectivity index (χ4v) is 3.52. The Morgan fingerprint density at radius 1 is 1.20 bits per heavy atom. The Bertz CT molecular complexity index is 620. The van der Waals surface area contributed by atoms with Crippen LogP contribution in [-0.4, -0.2) is 57.1 Å². The van der Waals surface area contributed by atoms with Gasteiger partial charge in [-0.05, 0) is 44.0 Å². The second-order valence-corrected chi connectivity index (χ2v) is 5.89. The number of fused-ring (bicyclic) bond motifs is 1. The van der Waals surface area contributed by atoms with Gasteiger partial charge in [0.1, 0.15) is 5.52 Å². The van der Waals surface area contributed by atoms with Crippen LogP contribution >= 0.6 is 11.6 Å². The molecule has 2 aromatic rings. The molecular weight excluding hydrogens is 276 g/mol. The molecule has 7 heteroatoms. The summed E-state index contributed by atoms with van der Waals surface area (Å²) in [6.07, 6.45) is 5.51. The summed E-state index contributed by atoms with van der Waals surface area (Å²) in [6, 6.07) is 0.643. The van der Waals surface area contributed by atoms with Gasteiger partial charge in [0.25, 0.3) is 0 Å². The third-order valence-corrected chi connectivity index (χ3v) is 4.53. The molecule has 4 heterocycles. The molecule has 0 spiro atoms. The third-order valence-electron chi connectivity index (χ3n) is 4.36. The average Bonchev–Trinajstić information content (AvgIpc) is 3.18. The molecule has 20 heavy (non-hydrogen) atoms. The molecule has 1 atom stereocenters. The molecule has 1 N–H and O–H groups in total. The van der Waals surface area contributed by atoms with Crippen molar-refractivity contribution in [2.24, 2.45) is 0 Å². The van der Waals surface area contributed by atoms with Gasteiger partial charge in [0.15, 0.2) is 11.5 Å². The minimum Gasteiger partial charge on any atom is -0.353 e. The summed E-state index contributed by atoms with van der Waals surface area (Å²) < 4.78 is 0. The SMILES string of the molecule is Clc1nc(N2CCC(N3CCCC3)C2)c2[nH]cnc2n1. The number of H-pyrrole nitrogens is 1. The van der Waals surface area contributed by atoms with Gasteiger partial charge in [-0.1, -0.05) is 0 Å². The summed E-state index contributed by atoms with van der Waals surface area (Å²) >= 11 is 6.01. The van der Waals surface area contributed by atoms with E-state index in [0.29, 0.717) is 11.7 Å². The number of aromatic amines is 1. The van der Waals surface area contributed by atoms with E-state index in [1.54, 1.807) is 6.33 Å². The van der Waals surface area contributed by atoms with Crippen molar-refractivity contribution < 1.29 is 0 Å². The lowest BCUT2D eigenvalue weighted by molar-refractivity contribution is 0.260. The summed E-state index contributed by atoms with van der Waals surface area (Å²) in [5, 5.41) is 0.268. The van der Waals surface area contributed by atoms with Gasteiger partial charge in [0.05, 0.1) is 6.33 Å². The Morgan fingerprint density at radius 3 is 2.90 bits per heavy atom. The van der Waals surface area contributed by atoms with Gasteiger partial charge in [0, 0.05) is 19.1 Å². The molecule has 2 aliphatic heterocycles. The largest absolute Gasteiger partial charge is 0.353 e. The maximum Gasteiger partial charge on any atom is 0.226 e. The Labute approximate surface area is 122 Å². The number of nitrogens with one attached hydrogen (secondary N) is 1. The number of hydrogen-bond donors (Lipinski definition) is 1. The smallest absolute Gasteiger partial charge is 0.226 e. The second kappa shape index (κ2) is 4.86. The molecule has 0 bridgehead atoms. The van der Waals surface area contributed by atoms with E-state index in [9.17, 15) is 0 Å². The quantitative estimate of drug-likeness (QED) is 0.854. The highest BCUT2D eigenvalue weighted by molar-refractivity contribution is 6.28. The molecule has 1 unspecified atom stereocenters. The monoisotopic (exact) mass is 292 g/mol. The standard InChI is InChI=1S/C13H17ClN6/c14-13-17-11-10(15-8-16-11)12(18-13)20-6-3-9(7-20)19-4-1-2-5-19/h8-9H,1-7H2,(H,15,16,17,18). The fraction of sp³-hybridized carbons (Fsp3) is 0.615. The zero-order valence-corrected chi connectivity index (χ0v) is 12.0. The minimum atomic E-state index is 0.268. The van der Waals surface area contributed by atoms with Crippen molar-refractivity contribution >= 4 is 28.6 Å². The number of likely N-dealkylation sites (tertiary alicyclic amines) is 1. The molecule has 0 amide bonds. The van der Waals surface area contributed by atoms with Crippen molar-refractivity contribution in [2.45, 2.75) is 25.3 Å². The fourth-order valence-electron chi connectivity index (χ4n) is 3.36. The highest BCUT2D eigenvalue weighted by atomic mass is 35.5. The van der Waals surface area contributed by atoms with E-state index in [1.807, 2.05) is 0 Å². The predicted octanol–water partition coefficient (Wildman–Crippen LogP) is 1.68. The van der Waals surface area contributed by atoms with E-state index in [4.69, 9.17) is 11.6 Å². The van der Waals surface area contributed by atoms with Crippen LogP contribution in [0, 0.1) is 0 Å². The van der Waals surface area contributed by atoms with Crippen molar-refractivity contribution in [1.82, 2.24) is 24.8 Å². The molecule has 2 aliphatic rings. The first-order valence-corrected chi connectivity index (χ1v) is 7.55. The number of nitrogens with zero attached hydrogens (tertiary/aromatic N) is 5. The van der Waals surface area contributed by atoms with Crippen LogP contribution in [-0.2, 0) is 0 Å². The van der Waals surface area contributed by atoms with Gasteiger partial charge in [-0.15, -0.1) is 0 Å². The Morgan fingerprint density at radius 2 is 2.05 bits per heavy atom. The molecular formula is C13H17ClN6. The van der Waals surface area contributed by atoms with Crippen LogP contribution in [0.25, 0.3) is 11.2 Å². The van der Waals surface area contributed by atoms with E-state index < -0.39 is 0 Å². The molecule has 2 saturated heterocycles. The highest BCUT2D eigenvalue weighted by Crippen LogP contribution is 2.28. The molecule has 2 fully saturated rings. The summed E-state index contributed by atoms with van der Waals surface area (Å²) in [6.45, 7) is 4.51. The highest BCUT2D eigenvalue weighted by Gasteiger charge is 2.31. The predicted molar refractivity (Wildman–Crippen MR) is 78.1 cm³/mol. The molecule has 0 aromatic carbocycles. The first-order chi connectivity index (χ1) is 9.81. The number of anilines is 1. The van der Waals surface area contributed by atoms with E-state index in [2.05, 4.69) is 29.7 Å².